The number of ether oxygens (including phenoxy) is 2. The first-order valence-electron chi connectivity index (χ1n) is 22.8. The number of phosphoric ester groups is 1. The van der Waals surface area contributed by atoms with Gasteiger partial charge in [0.2, 0.25) is 0 Å². The molecule has 0 radical (unpaired) electrons. The average Bonchev–Trinajstić information content (AvgIpc) is 3.19. The predicted molar refractivity (Wildman–Crippen MR) is 242 cm³/mol. The van der Waals surface area contributed by atoms with Crippen LogP contribution in [0.2, 0.25) is 0 Å². The van der Waals surface area contributed by atoms with Crippen LogP contribution in [0.15, 0.2) is 72.9 Å². The molecule has 0 aliphatic carbocycles. The minimum absolute atomic E-state index is 0.0497. The minimum atomic E-state index is -4.65. The van der Waals surface area contributed by atoms with E-state index in [2.05, 4.69) is 49.5 Å². The normalized spacial score (nSPS) is 14.8. The number of rotatable bonds is 40. The summed E-state index contributed by atoms with van der Waals surface area (Å²) in [5.41, 5.74) is 0. The Kier molecular flexibility index (Phi) is 37.8. The molecule has 1 unspecified atom stereocenters. The quantitative estimate of drug-likeness (QED) is 0.0160. The van der Waals surface area contributed by atoms with Gasteiger partial charge in [-0.05, 0) is 70.6 Å². The summed E-state index contributed by atoms with van der Waals surface area (Å²) in [7, 11) is 1.10. The van der Waals surface area contributed by atoms with E-state index in [9.17, 15) is 24.2 Å². The summed E-state index contributed by atoms with van der Waals surface area (Å²) < 4.78 is 33.8. The number of quaternary nitrogens is 1. The van der Waals surface area contributed by atoms with Crippen LogP contribution in [0.5, 0.6) is 0 Å². The second-order valence-corrected chi connectivity index (χ2v) is 17.6. The van der Waals surface area contributed by atoms with E-state index in [1.54, 1.807) is 6.08 Å². The fraction of sp³-hybridized carbons (Fsp3) is 0.708. The molecule has 0 heterocycles. The summed E-state index contributed by atoms with van der Waals surface area (Å²) in [6.07, 6.45) is 46.0. The van der Waals surface area contributed by atoms with Gasteiger partial charge in [-0.2, -0.15) is 0 Å². The molecule has 0 fully saturated rings. The van der Waals surface area contributed by atoms with Crippen LogP contribution in [0.4, 0.5) is 0 Å². The lowest BCUT2D eigenvalue weighted by Crippen LogP contribution is -2.37. The zero-order chi connectivity index (χ0) is 43.7. The van der Waals surface area contributed by atoms with Crippen molar-refractivity contribution in [2.45, 2.75) is 174 Å². The summed E-state index contributed by atoms with van der Waals surface area (Å²) in [6, 6.07) is 0. The van der Waals surface area contributed by atoms with E-state index in [4.69, 9.17) is 18.5 Å². The number of nitrogens with zero attached hydrogens (tertiary/aromatic N) is 1. The molecular formula is C48H84NO9P. The van der Waals surface area contributed by atoms with Crippen molar-refractivity contribution < 1.29 is 47.2 Å². The molecular weight excluding hydrogens is 766 g/mol. The highest BCUT2D eigenvalue weighted by Gasteiger charge is 2.21. The van der Waals surface area contributed by atoms with E-state index >= 15 is 0 Å². The van der Waals surface area contributed by atoms with Gasteiger partial charge in [0.25, 0.3) is 7.82 Å². The smallest absolute Gasteiger partial charge is 0.306 e. The highest BCUT2D eigenvalue weighted by Crippen LogP contribution is 2.38. The predicted octanol–water partition coefficient (Wildman–Crippen LogP) is 11.4. The monoisotopic (exact) mass is 850 g/mol. The third kappa shape index (κ3) is 43.3. The number of hydrogen-bond donors (Lipinski definition) is 1. The fourth-order valence-corrected chi connectivity index (χ4v) is 6.36. The van der Waals surface area contributed by atoms with E-state index in [0.717, 1.165) is 44.9 Å². The van der Waals surface area contributed by atoms with Crippen molar-refractivity contribution in [2.24, 2.45) is 0 Å². The molecule has 0 rings (SSSR count). The Morgan fingerprint density at radius 1 is 0.627 bits per heavy atom. The molecule has 0 aromatic carbocycles. The van der Waals surface area contributed by atoms with Gasteiger partial charge in [0.15, 0.2) is 6.10 Å². The highest BCUT2D eigenvalue weighted by molar-refractivity contribution is 7.45. The first kappa shape index (κ1) is 56.4. The minimum Gasteiger partial charge on any atom is -0.756 e. The van der Waals surface area contributed by atoms with E-state index in [1.807, 2.05) is 52.4 Å². The van der Waals surface area contributed by atoms with Crippen molar-refractivity contribution in [3.05, 3.63) is 72.9 Å². The van der Waals surface area contributed by atoms with E-state index < -0.39 is 32.5 Å². The van der Waals surface area contributed by atoms with Crippen molar-refractivity contribution in [3.8, 4) is 0 Å². The maximum Gasteiger partial charge on any atom is 0.306 e. The molecule has 0 aliphatic heterocycles. The Morgan fingerprint density at radius 2 is 1.14 bits per heavy atom. The largest absolute Gasteiger partial charge is 0.756 e. The third-order valence-electron chi connectivity index (χ3n) is 9.37. The molecule has 1 N–H and O–H groups in total. The van der Waals surface area contributed by atoms with Crippen LogP contribution in [0, 0.1) is 0 Å². The summed E-state index contributed by atoms with van der Waals surface area (Å²) in [4.78, 5) is 37.6. The van der Waals surface area contributed by atoms with Crippen molar-refractivity contribution in [1.82, 2.24) is 0 Å². The van der Waals surface area contributed by atoms with E-state index in [-0.39, 0.29) is 32.2 Å². The Bertz CT molecular complexity index is 1250. The molecule has 59 heavy (non-hydrogen) atoms. The highest BCUT2D eigenvalue weighted by atomic mass is 31.2. The molecule has 3 atom stereocenters. The number of phosphoric acid groups is 1. The molecule has 0 saturated carbocycles. The van der Waals surface area contributed by atoms with Gasteiger partial charge >= 0.3 is 11.9 Å². The van der Waals surface area contributed by atoms with Crippen molar-refractivity contribution in [2.75, 3.05) is 47.5 Å². The summed E-state index contributed by atoms with van der Waals surface area (Å²) in [5, 5.41) is 9.48. The zero-order valence-corrected chi connectivity index (χ0v) is 38.7. The van der Waals surface area contributed by atoms with Gasteiger partial charge in [-0.25, -0.2) is 0 Å². The summed E-state index contributed by atoms with van der Waals surface area (Å²) in [5.74, 6) is -0.932. The molecule has 0 amide bonds. The second kappa shape index (κ2) is 39.5. The SMILES string of the molecule is CCCCCCCC/C=C\CCCCCCCCCC(=O)O[C@H](COC(=O)CCC/C=C\C/C=C\C/C=C\C/C=C\C=C\[C@@H](O)CC)COP(=O)([O-])OCC[N+](C)(C)C. The first-order valence-corrected chi connectivity index (χ1v) is 24.2. The van der Waals surface area contributed by atoms with Gasteiger partial charge in [0, 0.05) is 12.8 Å². The van der Waals surface area contributed by atoms with Crippen LogP contribution in [0.3, 0.4) is 0 Å². The lowest BCUT2D eigenvalue weighted by molar-refractivity contribution is -0.870. The third-order valence-corrected chi connectivity index (χ3v) is 10.3. The maximum absolute atomic E-state index is 12.7. The molecule has 0 aromatic heterocycles. The second-order valence-electron chi connectivity index (χ2n) is 16.2. The Morgan fingerprint density at radius 3 is 1.73 bits per heavy atom. The molecule has 0 aromatic rings. The van der Waals surface area contributed by atoms with Gasteiger partial charge in [0.1, 0.15) is 19.8 Å². The lowest BCUT2D eigenvalue weighted by Gasteiger charge is -2.28. The van der Waals surface area contributed by atoms with E-state index in [0.29, 0.717) is 36.7 Å². The number of unbranched alkanes of at least 4 members (excludes halogenated alkanes) is 14. The number of aliphatic hydroxyl groups excluding tert-OH is 1. The molecule has 0 bridgehead atoms. The van der Waals surface area contributed by atoms with Crippen LogP contribution in [-0.2, 0) is 32.7 Å². The number of allylic oxidation sites excluding steroid dienone is 11. The van der Waals surface area contributed by atoms with Crippen molar-refractivity contribution in [1.29, 1.82) is 0 Å². The van der Waals surface area contributed by atoms with Gasteiger partial charge in [-0.15, -0.1) is 0 Å². The van der Waals surface area contributed by atoms with Gasteiger partial charge in [0.05, 0.1) is 33.9 Å². The molecule has 10 nitrogen and oxygen atoms in total. The number of carbonyl (C=O) groups is 2. The van der Waals surface area contributed by atoms with Gasteiger partial charge in [-0.1, -0.05) is 151 Å². The molecule has 0 saturated heterocycles. The first-order chi connectivity index (χ1) is 28.4. The van der Waals surface area contributed by atoms with Crippen molar-refractivity contribution >= 4 is 19.8 Å². The molecule has 11 heteroatoms. The van der Waals surface area contributed by atoms with Gasteiger partial charge < -0.3 is 33.0 Å². The van der Waals surface area contributed by atoms with Gasteiger partial charge in [-0.3, -0.25) is 14.2 Å². The topological polar surface area (TPSA) is 131 Å². The number of hydrogen-bond acceptors (Lipinski definition) is 9. The number of likely N-dealkylation sites (N-methyl/N-ethyl adjacent to an activating group) is 1. The van der Waals surface area contributed by atoms with Crippen LogP contribution in [-0.4, -0.2) is 81.2 Å². The lowest BCUT2D eigenvalue weighted by atomic mass is 10.1. The zero-order valence-electron chi connectivity index (χ0n) is 37.8. The van der Waals surface area contributed by atoms with Crippen LogP contribution >= 0.6 is 7.82 Å². The Hall–Kier alpha value is -2.59. The molecule has 0 spiro atoms. The number of carbonyl (C=O) groups excluding carboxylic acids is 2. The van der Waals surface area contributed by atoms with Crippen LogP contribution in [0.1, 0.15) is 162 Å². The number of esters is 2. The Balaban J connectivity index is 4.46. The molecule has 0 aliphatic rings. The Labute approximate surface area is 360 Å². The van der Waals surface area contributed by atoms with Crippen LogP contribution in [0.25, 0.3) is 0 Å². The summed E-state index contributed by atoms with van der Waals surface area (Å²) in [6.45, 7) is 3.80. The average molecular weight is 850 g/mol. The fourth-order valence-electron chi connectivity index (χ4n) is 5.64. The van der Waals surface area contributed by atoms with Crippen LogP contribution < -0.4 is 4.89 Å². The van der Waals surface area contributed by atoms with Crippen molar-refractivity contribution in [3.63, 3.8) is 0 Å². The van der Waals surface area contributed by atoms with E-state index in [1.165, 1.54) is 64.2 Å². The summed E-state index contributed by atoms with van der Waals surface area (Å²) >= 11 is 0. The standard InChI is InChI=1S/C48H84NO9P/c1-6-8-9-10-11-12-13-14-15-16-17-22-25-28-31-34-37-40-48(52)58-46(44-57-59(53,54)56-42-41-49(3,4)5)43-55-47(51)39-36-33-30-27-24-21-19-18-20-23-26-29-32-35-38-45(50)7-2/h14-15,19-21,23,27,29-30,32,35,38,45-46,50H,6-13,16-18,22,24-26,28,31,33-34,36-37,39-44H2,1-5H3/b15-14-,21-19-,23-20-,30-27-,32-29-,38-35+/t45-,46+/m0/s1. The maximum atomic E-state index is 12.7. The number of aliphatic hydroxyl groups is 1. The molecule has 340 valence electrons.